The monoisotopic (exact) mass is 309 g/mol. The van der Waals surface area contributed by atoms with E-state index in [4.69, 9.17) is 0 Å². The van der Waals surface area contributed by atoms with Gasteiger partial charge in [0, 0.05) is 37.1 Å². The van der Waals surface area contributed by atoms with E-state index in [0.717, 1.165) is 22.8 Å². The van der Waals surface area contributed by atoms with E-state index in [0.29, 0.717) is 19.6 Å². The topological polar surface area (TPSA) is 52.7 Å². The lowest BCUT2D eigenvalue weighted by Crippen LogP contribution is -2.51. The molecule has 0 spiro atoms. The van der Waals surface area contributed by atoms with Crippen LogP contribution in [0.3, 0.4) is 0 Å². The van der Waals surface area contributed by atoms with E-state index in [9.17, 15) is 9.59 Å². The molecule has 0 saturated carbocycles. The average molecular weight is 309 g/mol. The molecule has 0 bridgehead atoms. The molecule has 1 aliphatic rings. The number of rotatable bonds is 4. The highest BCUT2D eigenvalue weighted by molar-refractivity contribution is 7.13. The van der Waals surface area contributed by atoms with Crippen molar-refractivity contribution in [3.8, 4) is 0 Å². The molecule has 21 heavy (non-hydrogen) atoms. The minimum absolute atomic E-state index is 0.0543. The minimum Gasteiger partial charge on any atom is -0.353 e. The Balaban J connectivity index is 1.80. The van der Waals surface area contributed by atoms with Gasteiger partial charge in [-0.3, -0.25) is 14.5 Å². The molecular weight excluding hydrogens is 286 g/mol. The lowest BCUT2D eigenvalue weighted by molar-refractivity contribution is -0.123. The van der Waals surface area contributed by atoms with Crippen LogP contribution < -0.4 is 5.32 Å². The molecule has 116 valence electrons. The van der Waals surface area contributed by atoms with E-state index in [1.54, 1.807) is 0 Å². The van der Waals surface area contributed by atoms with Crippen molar-refractivity contribution in [2.75, 3.05) is 32.7 Å². The van der Waals surface area contributed by atoms with Gasteiger partial charge in [-0.1, -0.05) is 0 Å². The van der Waals surface area contributed by atoms with Crippen molar-refractivity contribution < 1.29 is 9.59 Å². The third-order valence-electron chi connectivity index (χ3n) is 3.43. The summed E-state index contributed by atoms with van der Waals surface area (Å²) < 4.78 is 0. The van der Waals surface area contributed by atoms with E-state index < -0.39 is 0 Å². The van der Waals surface area contributed by atoms with Crippen LogP contribution in [-0.4, -0.2) is 60.4 Å². The van der Waals surface area contributed by atoms with Crippen molar-refractivity contribution in [1.82, 2.24) is 15.1 Å². The first-order valence-electron chi connectivity index (χ1n) is 7.33. The summed E-state index contributed by atoms with van der Waals surface area (Å²) in [5.74, 6) is 0.165. The molecule has 6 heteroatoms. The average Bonchev–Trinajstić information content (AvgIpc) is 2.84. The number of piperazine rings is 1. The van der Waals surface area contributed by atoms with Gasteiger partial charge in [0.05, 0.1) is 11.4 Å². The van der Waals surface area contributed by atoms with E-state index in [1.807, 2.05) is 37.8 Å². The lowest BCUT2D eigenvalue weighted by Gasteiger charge is -2.34. The normalized spacial score (nSPS) is 16.3. The molecule has 0 unspecified atom stereocenters. The van der Waals surface area contributed by atoms with E-state index in [1.165, 1.54) is 11.3 Å². The minimum atomic E-state index is 0.0543. The number of hydrogen-bond acceptors (Lipinski definition) is 4. The second-order valence-electron chi connectivity index (χ2n) is 5.70. The molecule has 1 aromatic heterocycles. The van der Waals surface area contributed by atoms with Gasteiger partial charge in [0.25, 0.3) is 5.91 Å². The van der Waals surface area contributed by atoms with Crippen LogP contribution in [-0.2, 0) is 4.79 Å². The smallest absolute Gasteiger partial charge is 0.264 e. The summed E-state index contributed by atoms with van der Waals surface area (Å²) in [7, 11) is 0. The summed E-state index contributed by atoms with van der Waals surface area (Å²) >= 11 is 1.54. The number of thiophene rings is 1. The fourth-order valence-corrected chi connectivity index (χ4v) is 3.22. The van der Waals surface area contributed by atoms with Crippen LogP contribution in [0.2, 0.25) is 0 Å². The predicted molar refractivity (Wildman–Crippen MR) is 84.7 cm³/mol. The Morgan fingerprint density at radius 1 is 1.24 bits per heavy atom. The molecule has 1 N–H and O–H groups in total. The molecule has 0 radical (unpaired) electrons. The summed E-state index contributed by atoms with van der Waals surface area (Å²) in [6.45, 7) is 9.21. The Hall–Kier alpha value is -1.40. The maximum absolute atomic E-state index is 12.3. The lowest BCUT2D eigenvalue weighted by atomic mass is 10.3. The SMILES string of the molecule is Cc1ccc(C(=O)N2CCN(CC(=O)NC(C)C)CC2)s1. The second kappa shape index (κ2) is 7.04. The zero-order valence-corrected chi connectivity index (χ0v) is 13.7. The van der Waals surface area contributed by atoms with Gasteiger partial charge in [0.1, 0.15) is 0 Å². The first-order chi connectivity index (χ1) is 9.95. The molecule has 1 fully saturated rings. The standard InChI is InChI=1S/C15H23N3O2S/c1-11(2)16-14(19)10-17-6-8-18(9-7-17)15(20)13-5-4-12(3)21-13/h4-5,11H,6-10H2,1-3H3,(H,16,19). The Morgan fingerprint density at radius 3 is 2.43 bits per heavy atom. The number of carbonyl (C=O) groups is 2. The molecule has 1 aromatic rings. The first-order valence-corrected chi connectivity index (χ1v) is 8.15. The highest BCUT2D eigenvalue weighted by Gasteiger charge is 2.24. The second-order valence-corrected chi connectivity index (χ2v) is 6.99. The molecule has 2 heterocycles. The number of aryl methyl sites for hydroxylation is 1. The van der Waals surface area contributed by atoms with Crippen molar-refractivity contribution in [2.24, 2.45) is 0 Å². The Morgan fingerprint density at radius 2 is 1.90 bits per heavy atom. The maximum Gasteiger partial charge on any atom is 0.264 e. The Kier molecular flexibility index (Phi) is 5.36. The number of nitrogens with zero attached hydrogens (tertiary/aromatic N) is 2. The number of nitrogens with one attached hydrogen (secondary N) is 1. The van der Waals surface area contributed by atoms with Crippen molar-refractivity contribution in [2.45, 2.75) is 26.8 Å². The Bertz CT molecular complexity index is 505. The molecular formula is C15H23N3O2S. The summed E-state index contributed by atoms with van der Waals surface area (Å²) in [4.78, 5) is 30.0. The van der Waals surface area contributed by atoms with Gasteiger partial charge in [-0.15, -0.1) is 11.3 Å². The predicted octanol–water partition coefficient (Wildman–Crippen LogP) is 1.34. The van der Waals surface area contributed by atoms with Crippen molar-refractivity contribution in [1.29, 1.82) is 0 Å². The number of hydrogen-bond donors (Lipinski definition) is 1. The highest BCUT2D eigenvalue weighted by atomic mass is 32.1. The summed E-state index contributed by atoms with van der Waals surface area (Å²) in [5.41, 5.74) is 0. The Labute approximate surface area is 129 Å². The fraction of sp³-hybridized carbons (Fsp3) is 0.600. The summed E-state index contributed by atoms with van der Waals surface area (Å²) in [6.07, 6.45) is 0. The molecule has 1 saturated heterocycles. The van der Waals surface area contributed by atoms with Crippen LogP contribution in [0.5, 0.6) is 0 Å². The fourth-order valence-electron chi connectivity index (χ4n) is 2.39. The van der Waals surface area contributed by atoms with Gasteiger partial charge in [-0.05, 0) is 32.9 Å². The van der Waals surface area contributed by atoms with Crippen LogP contribution in [0.4, 0.5) is 0 Å². The van der Waals surface area contributed by atoms with Crippen LogP contribution >= 0.6 is 11.3 Å². The molecule has 0 aromatic carbocycles. The molecule has 1 aliphatic heterocycles. The largest absolute Gasteiger partial charge is 0.353 e. The molecule has 2 amide bonds. The maximum atomic E-state index is 12.3. The van der Waals surface area contributed by atoms with E-state index in [-0.39, 0.29) is 17.9 Å². The van der Waals surface area contributed by atoms with E-state index in [2.05, 4.69) is 10.2 Å². The summed E-state index contributed by atoms with van der Waals surface area (Å²) in [6, 6.07) is 4.04. The van der Waals surface area contributed by atoms with Gasteiger partial charge in [-0.2, -0.15) is 0 Å². The van der Waals surface area contributed by atoms with Gasteiger partial charge < -0.3 is 10.2 Å². The molecule has 2 rings (SSSR count). The van der Waals surface area contributed by atoms with Crippen molar-refractivity contribution in [3.63, 3.8) is 0 Å². The zero-order valence-electron chi connectivity index (χ0n) is 12.9. The zero-order chi connectivity index (χ0) is 15.4. The van der Waals surface area contributed by atoms with Crippen LogP contribution in [0.15, 0.2) is 12.1 Å². The molecule has 0 aliphatic carbocycles. The van der Waals surface area contributed by atoms with Gasteiger partial charge >= 0.3 is 0 Å². The van der Waals surface area contributed by atoms with Crippen molar-refractivity contribution in [3.05, 3.63) is 21.9 Å². The third-order valence-corrected chi connectivity index (χ3v) is 4.42. The van der Waals surface area contributed by atoms with Crippen LogP contribution in [0.25, 0.3) is 0 Å². The van der Waals surface area contributed by atoms with Gasteiger partial charge in [0.2, 0.25) is 5.91 Å². The molecule has 5 nitrogen and oxygen atoms in total. The number of carbonyl (C=O) groups excluding carboxylic acids is 2. The number of amides is 2. The van der Waals surface area contributed by atoms with Crippen LogP contribution in [0.1, 0.15) is 28.4 Å². The van der Waals surface area contributed by atoms with Gasteiger partial charge in [-0.25, -0.2) is 0 Å². The van der Waals surface area contributed by atoms with Crippen LogP contribution in [0, 0.1) is 6.92 Å². The summed E-state index contributed by atoms with van der Waals surface area (Å²) in [5, 5.41) is 2.89. The molecule has 0 atom stereocenters. The van der Waals surface area contributed by atoms with Crippen molar-refractivity contribution >= 4 is 23.2 Å². The highest BCUT2D eigenvalue weighted by Crippen LogP contribution is 2.18. The van der Waals surface area contributed by atoms with E-state index >= 15 is 0 Å². The van der Waals surface area contributed by atoms with Gasteiger partial charge in [0.15, 0.2) is 0 Å². The first kappa shape index (κ1) is 16.0. The third kappa shape index (κ3) is 4.54. The quantitative estimate of drug-likeness (QED) is 0.913.